The van der Waals surface area contributed by atoms with Crippen LogP contribution in [0.25, 0.3) is 0 Å². The van der Waals surface area contributed by atoms with Crippen molar-refractivity contribution in [1.29, 1.82) is 5.26 Å². The zero-order valence-electron chi connectivity index (χ0n) is 14.8. The number of carbonyl (C=O) groups is 1. The minimum atomic E-state index is -3.77. The fourth-order valence-electron chi connectivity index (χ4n) is 2.80. The normalized spacial score (nSPS) is 15.2. The largest absolute Gasteiger partial charge is 0.339 e. The van der Waals surface area contributed by atoms with Crippen LogP contribution in [-0.2, 0) is 14.8 Å². The van der Waals surface area contributed by atoms with Gasteiger partial charge < -0.3 is 4.90 Å². The molecule has 0 bridgehead atoms. The number of carbonyl (C=O) groups excluding carboxylic acids is 1. The van der Waals surface area contributed by atoms with Gasteiger partial charge in [0.2, 0.25) is 15.9 Å². The highest BCUT2D eigenvalue weighted by Gasteiger charge is 2.31. The lowest BCUT2D eigenvalue weighted by Gasteiger charge is -2.34. The van der Waals surface area contributed by atoms with Crippen LogP contribution in [0.1, 0.15) is 5.56 Å². The van der Waals surface area contributed by atoms with E-state index < -0.39 is 10.0 Å². The second-order valence-corrected chi connectivity index (χ2v) is 9.25. The van der Waals surface area contributed by atoms with Crippen LogP contribution in [0.5, 0.6) is 0 Å². The van der Waals surface area contributed by atoms with Gasteiger partial charge in [-0.3, -0.25) is 4.79 Å². The Morgan fingerprint density at radius 3 is 2.57 bits per heavy atom. The van der Waals surface area contributed by atoms with E-state index >= 15 is 0 Å². The molecular weight excluding hydrogens is 420 g/mol. The smallest absolute Gasteiger partial charge is 0.244 e. The molecule has 7 nitrogen and oxygen atoms in total. The van der Waals surface area contributed by atoms with Gasteiger partial charge in [0.15, 0.2) is 0 Å². The number of nitriles is 1. The van der Waals surface area contributed by atoms with Crippen LogP contribution >= 0.6 is 23.4 Å². The topological polar surface area (TPSA) is 94.4 Å². The molecule has 0 saturated carbocycles. The molecule has 1 aliphatic rings. The second kappa shape index (κ2) is 8.92. The molecule has 146 valence electrons. The summed E-state index contributed by atoms with van der Waals surface area (Å²) < 4.78 is 27.0. The van der Waals surface area contributed by atoms with Crippen LogP contribution < -0.4 is 0 Å². The number of pyridine rings is 1. The maximum Gasteiger partial charge on any atom is 0.244 e. The molecule has 1 aromatic heterocycles. The zero-order valence-corrected chi connectivity index (χ0v) is 17.2. The summed E-state index contributed by atoms with van der Waals surface area (Å²) in [6, 6.07) is 11.5. The van der Waals surface area contributed by atoms with Crippen molar-refractivity contribution in [1.82, 2.24) is 14.2 Å². The first-order chi connectivity index (χ1) is 13.4. The highest BCUT2D eigenvalue weighted by molar-refractivity contribution is 8.00. The van der Waals surface area contributed by atoms with Gasteiger partial charge >= 0.3 is 0 Å². The zero-order chi connectivity index (χ0) is 20.1. The summed E-state index contributed by atoms with van der Waals surface area (Å²) in [4.78, 5) is 18.2. The summed E-state index contributed by atoms with van der Waals surface area (Å²) >= 11 is 7.30. The first-order valence-electron chi connectivity index (χ1n) is 8.44. The van der Waals surface area contributed by atoms with Gasteiger partial charge in [-0.05, 0) is 24.3 Å². The highest BCUT2D eigenvalue weighted by Crippen LogP contribution is 2.25. The molecule has 28 heavy (non-hydrogen) atoms. The Hall–Kier alpha value is -2.12. The maximum atomic E-state index is 12.8. The third kappa shape index (κ3) is 4.47. The van der Waals surface area contributed by atoms with Crippen molar-refractivity contribution in [3.8, 4) is 6.07 Å². The lowest BCUT2D eigenvalue weighted by Crippen LogP contribution is -2.51. The summed E-state index contributed by atoms with van der Waals surface area (Å²) in [5.74, 6) is 0.0852. The molecule has 1 aromatic carbocycles. The number of amides is 1. The predicted molar refractivity (Wildman–Crippen MR) is 106 cm³/mol. The minimum absolute atomic E-state index is 0.00220. The van der Waals surface area contributed by atoms with Crippen molar-refractivity contribution in [2.24, 2.45) is 0 Å². The summed E-state index contributed by atoms with van der Waals surface area (Å²) in [6.07, 6.45) is 1.61. The molecule has 1 fully saturated rings. The van der Waals surface area contributed by atoms with Crippen LogP contribution in [0.2, 0.25) is 5.02 Å². The summed E-state index contributed by atoms with van der Waals surface area (Å²) in [5, 5.41) is 10.2. The summed E-state index contributed by atoms with van der Waals surface area (Å²) in [6.45, 7) is 0.957. The Bertz CT molecular complexity index is 1020. The van der Waals surface area contributed by atoms with Crippen molar-refractivity contribution < 1.29 is 13.2 Å². The number of aromatic nitrogens is 1. The van der Waals surface area contributed by atoms with E-state index in [1.54, 1.807) is 35.4 Å². The predicted octanol–water partition coefficient (Wildman–Crippen LogP) is 2.23. The van der Waals surface area contributed by atoms with Gasteiger partial charge in [0.25, 0.3) is 0 Å². The minimum Gasteiger partial charge on any atom is -0.339 e. The lowest BCUT2D eigenvalue weighted by molar-refractivity contribution is -0.129. The standard InChI is InChI=1S/C18H17ClN4O3S2/c19-15-5-3-7-21-18(15)27-13-17(24)22-8-10-23(11-9-22)28(25,26)16-6-2-1-4-14(16)12-20/h1-7H,8-11,13H2. The quantitative estimate of drug-likeness (QED) is 0.667. The number of sulfonamides is 1. The molecule has 0 spiro atoms. The molecule has 2 aromatic rings. The average molecular weight is 437 g/mol. The Labute approximate surface area is 173 Å². The van der Waals surface area contributed by atoms with Gasteiger partial charge in [0.05, 0.1) is 21.2 Å². The number of hydrogen-bond donors (Lipinski definition) is 0. The Morgan fingerprint density at radius 2 is 1.89 bits per heavy atom. The van der Waals surface area contributed by atoms with Gasteiger partial charge in [-0.25, -0.2) is 13.4 Å². The van der Waals surface area contributed by atoms with Crippen LogP contribution in [0.3, 0.4) is 0 Å². The van der Waals surface area contributed by atoms with E-state index in [9.17, 15) is 13.2 Å². The van der Waals surface area contributed by atoms with E-state index in [4.69, 9.17) is 16.9 Å². The fourth-order valence-corrected chi connectivity index (χ4v) is 5.43. The Balaban J connectivity index is 1.60. The SMILES string of the molecule is N#Cc1ccccc1S(=O)(=O)N1CCN(C(=O)CSc2ncccc2Cl)CC1. The summed E-state index contributed by atoms with van der Waals surface area (Å²) in [5.41, 5.74) is 0.115. The molecule has 0 N–H and O–H groups in total. The molecule has 3 rings (SSSR count). The average Bonchev–Trinajstić information content (AvgIpc) is 2.73. The number of piperazine rings is 1. The molecular formula is C18H17ClN4O3S2. The van der Waals surface area contributed by atoms with E-state index in [0.717, 1.165) is 0 Å². The number of nitrogens with zero attached hydrogens (tertiary/aromatic N) is 4. The highest BCUT2D eigenvalue weighted by atomic mass is 35.5. The Morgan fingerprint density at radius 1 is 1.18 bits per heavy atom. The van der Waals surface area contributed by atoms with Crippen LogP contribution in [-0.4, -0.2) is 60.4 Å². The van der Waals surface area contributed by atoms with Gasteiger partial charge in [0.1, 0.15) is 11.1 Å². The molecule has 2 heterocycles. The first-order valence-corrected chi connectivity index (χ1v) is 11.2. The Kier molecular flexibility index (Phi) is 6.57. The molecule has 1 aliphatic heterocycles. The lowest BCUT2D eigenvalue weighted by atomic mass is 10.2. The summed E-state index contributed by atoms with van der Waals surface area (Å²) in [7, 11) is -3.77. The van der Waals surface area contributed by atoms with Crippen LogP contribution in [0, 0.1) is 11.3 Å². The maximum absolute atomic E-state index is 12.8. The van der Waals surface area contributed by atoms with Crippen molar-refractivity contribution in [3.05, 3.63) is 53.2 Å². The third-order valence-corrected chi connectivity index (χ3v) is 7.64. The van der Waals surface area contributed by atoms with Crippen molar-refractivity contribution in [3.63, 3.8) is 0 Å². The number of hydrogen-bond acceptors (Lipinski definition) is 6. The van der Waals surface area contributed by atoms with E-state index in [-0.39, 0.29) is 35.2 Å². The third-order valence-electron chi connectivity index (χ3n) is 4.27. The number of thioether (sulfide) groups is 1. The van der Waals surface area contributed by atoms with E-state index in [2.05, 4.69) is 4.98 Å². The van der Waals surface area contributed by atoms with E-state index in [1.165, 1.54) is 28.2 Å². The fraction of sp³-hybridized carbons (Fsp3) is 0.278. The van der Waals surface area contributed by atoms with Crippen molar-refractivity contribution >= 4 is 39.3 Å². The number of benzene rings is 1. The monoisotopic (exact) mass is 436 g/mol. The molecule has 0 radical (unpaired) electrons. The van der Waals surface area contributed by atoms with Gasteiger partial charge in [-0.15, -0.1) is 0 Å². The molecule has 1 saturated heterocycles. The number of rotatable bonds is 5. The molecule has 0 aliphatic carbocycles. The molecule has 1 amide bonds. The first kappa shape index (κ1) is 20.6. The second-order valence-electron chi connectivity index (χ2n) is 5.97. The van der Waals surface area contributed by atoms with Crippen molar-refractivity contribution in [2.75, 3.05) is 31.9 Å². The van der Waals surface area contributed by atoms with Crippen LogP contribution in [0.15, 0.2) is 52.5 Å². The molecule has 10 heteroatoms. The van der Waals surface area contributed by atoms with Gasteiger partial charge in [-0.2, -0.15) is 9.57 Å². The van der Waals surface area contributed by atoms with E-state index in [0.29, 0.717) is 23.1 Å². The van der Waals surface area contributed by atoms with E-state index in [1.807, 2.05) is 6.07 Å². The van der Waals surface area contributed by atoms with Crippen molar-refractivity contribution in [2.45, 2.75) is 9.92 Å². The molecule has 0 unspecified atom stereocenters. The van der Waals surface area contributed by atoms with Gasteiger partial charge in [0, 0.05) is 32.4 Å². The van der Waals surface area contributed by atoms with Crippen LogP contribution in [0.4, 0.5) is 0 Å². The number of halogens is 1. The van der Waals surface area contributed by atoms with Gasteiger partial charge in [-0.1, -0.05) is 35.5 Å². The molecule has 0 atom stereocenters.